The molecule has 1 aromatic carbocycles. The number of piperidine rings is 1. The summed E-state index contributed by atoms with van der Waals surface area (Å²) in [6.45, 7) is 4.04. The molecule has 0 unspecified atom stereocenters. The van der Waals surface area contributed by atoms with E-state index in [0.717, 1.165) is 41.4 Å². The summed E-state index contributed by atoms with van der Waals surface area (Å²) in [6, 6.07) is 7.52. The van der Waals surface area contributed by atoms with Crippen LogP contribution in [0, 0.1) is 12.8 Å². The highest BCUT2D eigenvalue weighted by Gasteiger charge is 2.24. The summed E-state index contributed by atoms with van der Waals surface area (Å²) >= 11 is 1.57. The van der Waals surface area contributed by atoms with Crippen molar-refractivity contribution in [2.24, 2.45) is 5.92 Å². The lowest BCUT2D eigenvalue weighted by Gasteiger charge is -2.32. The predicted molar refractivity (Wildman–Crippen MR) is 110 cm³/mol. The number of hydrogen-bond donors (Lipinski definition) is 1. The van der Waals surface area contributed by atoms with Crippen molar-refractivity contribution < 1.29 is 14.3 Å². The zero-order valence-corrected chi connectivity index (χ0v) is 17.3. The largest absolute Gasteiger partial charge is 0.497 e. The molecule has 2 aromatic rings. The smallest absolute Gasteiger partial charge is 0.228 e. The van der Waals surface area contributed by atoms with Gasteiger partial charge >= 0.3 is 0 Å². The van der Waals surface area contributed by atoms with Gasteiger partial charge in [-0.05, 0) is 43.4 Å². The van der Waals surface area contributed by atoms with Gasteiger partial charge in [0.1, 0.15) is 5.75 Å². The maximum absolute atomic E-state index is 12.5. The third kappa shape index (κ3) is 5.79. The fourth-order valence-electron chi connectivity index (χ4n) is 3.46. The molecule has 2 amide bonds. The molecule has 1 atom stereocenters. The first kappa shape index (κ1) is 20.3. The van der Waals surface area contributed by atoms with Crippen LogP contribution in [0.25, 0.3) is 0 Å². The highest BCUT2D eigenvalue weighted by molar-refractivity contribution is 7.09. The van der Waals surface area contributed by atoms with E-state index in [-0.39, 0.29) is 11.8 Å². The van der Waals surface area contributed by atoms with Crippen molar-refractivity contribution in [2.45, 2.75) is 32.6 Å². The Bertz CT molecular complexity index is 803. The molecule has 1 fully saturated rings. The maximum atomic E-state index is 12.5. The Morgan fingerprint density at radius 2 is 2.07 bits per heavy atom. The number of nitrogens with zero attached hydrogens (tertiary/aromatic N) is 2. The molecular formula is C21H27N3O3S. The van der Waals surface area contributed by atoms with Gasteiger partial charge in [-0.3, -0.25) is 9.59 Å². The molecule has 6 nitrogen and oxygen atoms in total. The number of carbonyl (C=O) groups is 2. The van der Waals surface area contributed by atoms with Crippen LogP contribution in [-0.4, -0.2) is 48.4 Å². The molecule has 0 spiro atoms. The van der Waals surface area contributed by atoms with Gasteiger partial charge in [0.15, 0.2) is 0 Å². The van der Waals surface area contributed by atoms with Gasteiger partial charge in [-0.25, -0.2) is 4.98 Å². The number of methoxy groups -OCH3 is 1. The Hall–Kier alpha value is -2.41. The highest BCUT2D eigenvalue weighted by Crippen LogP contribution is 2.18. The summed E-state index contributed by atoms with van der Waals surface area (Å²) in [5, 5.41) is 5.96. The van der Waals surface area contributed by atoms with Crippen molar-refractivity contribution in [2.75, 3.05) is 26.7 Å². The van der Waals surface area contributed by atoms with E-state index in [4.69, 9.17) is 4.74 Å². The quantitative estimate of drug-likeness (QED) is 0.774. The zero-order valence-electron chi connectivity index (χ0n) is 16.4. The second-order valence-electron chi connectivity index (χ2n) is 7.21. The van der Waals surface area contributed by atoms with Gasteiger partial charge in [-0.15, -0.1) is 11.3 Å². The maximum Gasteiger partial charge on any atom is 0.228 e. The van der Waals surface area contributed by atoms with Gasteiger partial charge < -0.3 is 15.0 Å². The van der Waals surface area contributed by atoms with Crippen molar-refractivity contribution in [3.05, 3.63) is 45.9 Å². The van der Waals surface area contributed by atoms with Crippen molar-refractivity contribution >= 4 is 23.2 Å². The molecule has 28 heavy (non-hydrogen) atoms. The van der Waals surface area contributed by atoms with Gasteiger partial charge in [0.05, 0.1) is 30.7 Å². The number of aromatic nitrogens is 1. The Labute approximate surface area is 169 Å². The standard InChI is InChI=1S/C21H27N3O3S/c1-15-23-18(14-28-15)11-21(26)24-9-3-4-17(13-24)12-22-20(25)10-16-5-7-19(27-2)8-6-16/h5-8,14,17H,3-4,9-13H2,1-2H3,(H,22,25)/t17-/m1/s1. The lowest BCUT2D eigenvalue weighted by Crippen LogP contribution is -2.44. The molecule has 2 heterocycles. The number of hydrogen-bond acceptors (Lipinski definition) is 5. The number of nitrogens with one attached hydrogen (secondary N) is 1. The molecule has 1 aliphatic rings. The van der Waals surface area contributed by atoms with Crippen LogP contribution in [0.5, 0.6) is 5.75 Å². The van der Waals surface area contributed by atoms with Gasteiger partial charge in [-0.1, -0.05) is 12.1 Å². The lowest BCUT2D eigenvalue weighted by molar-refractivity contribution is -0.132. The Balaban J connectivity index is 1.43. The molecule has 1 aliphatic heterocycles. The number of carbonyl (C=O) groups excluding carboxylic acids is 2. The predicted octanol–water partition coefficient (Wildman–Crippen LogP) is 2.60. The van der Waals surface area contributed by atoms with Crippen molar-refractivity contribution in [3.8, 4) is 5.75 Å². The number of benzene rings is 1. The monoisotopic (exact) mass is 401 g/mol. The Kier molecular flexibility index (Phi) is 7.03. The Morgan fingerprint density at radius 1 is 1.29 bits per heavy atom. The third-order valence-electron chi connectivity index (χ3n) is 4.98. The lowest BCUT2D eigenvalue weighted by atomic mass is 9.97. The molecule has 7 heteroatoms. The fraction of sp³-hybridized carbons (Fsp3) is 0.476. The van der Waals surface area contributed by atoms with E-state index in [1.54, 1.807) is 18.4 Å². The van der Waals surface area contributed by atoms with Crippen LogP contribution in [0.2, 0.25) is 0 Å². The summed E-state index contributed by atoms with van der Waals surface area (Å²) in [6.07, 6.45) is 2.71. The normalized spacial score (nSPS) is 16.6. The van der Waals surface area contributed by atoms with Gasteiger partial charge in [0.25, 0.3) is 0 Å². The number of rotatable bonds is 7. The third-order valence-corrected chi connectivity index (χ3v) is 5.80. The molecule has 3 rings (SSSR count). The summed E-state index contributed by atoms with van der Waals surface area (Å²) in [5.41, 5.74) is 1.81. The summed E-state index contributed by atoms with van der Waals surface area (Å²) < 4.78 is 5.13. The van der Waals surface area contributed by atoms with E-state index < -0.39 is 0 Å². The summed E-state index contributed by atoms with van der Waals surface area (Å²) in [4.78, 5) is 31.1. The van der Waals surface area contributed by atoms with Crippen LogP contribution in [0.1, 0.15) is 29.1 Å². The highest BCUT2D eigenvalue weighted by atomic mass is 32.1. The number of ether oxygens (including phenoxy) is 1. The average Bonchev–Trinajstić information content (AvgIpc) is 3.12. The van der Waals surface area contributed by atoms with Crippen LogP contribution < -0.4 is 10.1 Å². The van der Waals surface area contributed by atoms with E-state index in [0.29, 0.717) is 31.8 Å². The van der Waals surface area contributed by atoms with Crippen LogP contribution >= 0.6 is 11.3 Å². The van der Waals surface area contributed by atoms with Gasteiger partial charge in [0.2, 0.25) is 11.8 Å². The zero-order chi connectivity index (χ0) is 19.9. The first-order valence-electron chi connectivity index (χ1n) is 9.62. The topological polar surface area (TPSA) is 71.5 Å². The van der Waals surface area contributed by atoms with E-state index in [1.807, 2.05) is 41.5 Å². The van der Waals surface area contributed by atoms with Crippen molar-refractivity contribution in [3.63, 3.8) is 0 Å². The molecule has 0 radical (unpaired) electrons. The van der Waals surface area contributed by atoms with Gasteiger partial charge in [-0.2, -0.15) is 0 Å². The van der Waals surface area contributed by atoms with E-state index in [2.05, 4.69) is 10.3 Å². The number of amides is 2. The molecule has 0 aliphatic carbocycles. The molecular weight excluding hydrogens is 374 g/mol. The molecule has 0 bridgehead atoms. The first-order valence-corrected chi connectivity index (χ1v) is 10.5. The minimum atomic E-state index is 0.00608. The second kappa shape index (κ2) is 9.68. The van der Waals surface area contributed by atoms with E-state index in [1.165, 1.54) is 0 Å². The van der Waals surface area contributed by atoms with E-state index in [9.17, 15) is 9.59 Å². The molecule has 150 valence electrons. The van der Waals surface area contributed by atoms with Gasteiger partial charge in [0, 0.05) is 25.0 Å². The summed E-state index contributed by atoms with van der Waals surface area (Å²) in [5.74, 6) is 1.21. The molecule has 0 saturated carbocycles. The SMILES string of the molecule is COc1ccc(CC(=O)NC[C@H]2CCCN(C(=O)Cc3csc(C)n3)C2)cc1. The number of aryl methyl sites for hydroxylation is 1. The number of thiazole rings is 1. The fourth-order valence-corrected chi connectivity index (χ4v) is 4.08. The molecule has 1 saturated heterocycles. The average molecular weight is 402 g/mol. The van der Waals surface area contributed by atoms with Crippen molar-refractivity contribution in [1.29, 1.82) is 0 Å². The van der Waals surface area contributed by atoms with Crippen molar-refractivity contribution in [1.82, 2.24) is 15.2 Å². The van der Waals surface area contributed by atoms with Crippen LogP contribution in [0.3, 0.4) is 0 Å². The van der Waals surface area contributed by atoms with Crippen LogP contribution in [-0.2, 0) is 22.4 Å². The second-order valence-corrected chi connectivity index (χ2v) is 8.27. The summed E-state index contributed by atoms with van der Waals surface area (Å²) in [7, 11) is 1.62. The number of likely N-dealkylation sites (tertiary alicyclic amines) is 1. The van der Waals surface area contributed by atoms with E-state index >= 15 is 0 Å². The molecule has 1 aromatic heterocycles. The molecule has 1 N–H and O–H groups in total. The van der Waals surface area contributed by atoms with Crippen LogP contribution in [0.4, 0.5) is 0 Å². The minimum Gasteiger partial charge on any atom is -0.497 e. The first-order chi connectivity index (χ1) is 13.5. The Morgan fingerprint density at radius 3 is 2.75 bits per heavy atom. The minimum absolute atomic E-state index is 0.00608. The van der Waals surface area contributed by atoms with Crippen LogP contribution in [0.15, 0.2) is 29.6 Å².